The molecule has 0 spiro atoms. The summed E-state index contributed by atoms with van der Waals surface area (Å²) in [7, 11) is 0. The van der Waals surface area contributed by atoms with Crippen LogP contribution in [0.15, 0.2) is 66.9 Å². The smallest absolute Gasteiger partial charge is 0.227 e. The van der Waals surface area contributed by atoms with Gasteiger partial charge in [0.05, 0.1) is 22.5 Å². The topological polar surface area (TPSA) is 44.1 Å². The van der Waals surface area contributed by atoms with Crippen LogP contribution in [0.5, 0.6) is 0 Å². The van der Waals surface area contributed by atoms with E-state index in [0.717, 1.165) is 60.5 Å². The largest absolute Gasteiger partial charge is 0.368 e. The molecule has 2 aromatic heterocycles. The number of anilines is 2. The number of fused-ring (bicyclic) bond motifs is 3. The fraction of sp³-hybridized carbons (Fsp3) is 0.333. The van der Waals surface area contributed by atoms with Crippen molar-refractivity contribution in [3.63, 3.8) is 0 Å². The Hall–Kier alpha value is -3.61. The van der Waals surface area contributed by atoms with Crippen LogP contribution in [-0.2, 0) is 4.79 Å². The fourth-order valence-electron chi connectivity index (χ4n) is 5.41. The highest BCUT2D eigenvalue weighted by atomic mass is 19.1. The molecule has 0 saturated carbocycles. The number of carbonyl (C=O) groups is 1. The van der Waals surface area contributed by atoms with Gasteiger partial charge in [-0.1, -0.05) is 12.1 Å². The first-order valence-corrected chi connectivity index (χ1v) is 12.1. The highest BCUT2D eigenvalue weighted by Gasteiger charge is 2.32. The molecule has 2 fully saturated rings. The Morgan fingerprint density at radius 1 is 0.853 bits per heavy atom. The average Bonchev–Trinajstić information content (AvgIpc) is 3.39. The number of nitrogens with zero attached hydrogens (tertiary/aromatic N) is 5. The molecule has 6 nitrogen and oxygen atoms in total. The number of hydrogen-bond acceptors (Lipinski definition) is 4. The number of carbonyl (C=O) groups excluding carboxylic acids is 1. The number of rotatable bonds is 3. The third-order valence-electron chi connectivity index (χ3n) is 7.20. The average molecular weight is 458 g/mol. The molecular formula is C27H28FN5O. The Bertz CT molecular complexity index is 1330. The van der Waals surface area contributed by atoms with E-state index in [4.69, 9.17) is 4.98 Å². The summed E-state index contributed by atoms with van der Waals surface area (Å²) in [6.45, 7) is 4.54. The number of benzene rings is 2. The van der Waals surface area contributed by atoms with Crippen LogP contribution in [0.1, 0.15) is 12.8 Å². The van der Waals surface area contributed by atoms with Crippen molar-refractivity contribution in [1.29, 1.82) is 0 Å². The maximum atomic E-state index is 13.4. The van der Waals surface area contributed by atoms with Crippen LogP contribution in [0.25, 0.3) is 16.6 Å². The molecule has 2 aliphatic rings. The van der Waals surface area contributed by atoms with Crippen LogP contribution in [0.2, 0.25) is 0 Å². The van der Waals surface area contributed by atoms with Gasteiger partial charge < -0.3 is 19.1 Å². The number of amides is 1. The molecule has 2 aromatic carbocycles. The highest BCUT2D eigenvalue weighted by Crippen LogP contribution is 2.30. The first kappa shape index (κ1) is 21.0. The molecule has 0 aliphatic carbocycles. The molecule has 2 aliphatic heterocycles. The minimum absolute atomic E-state index is 0.0191. The summed E-state index contributed by atoms with van der Waals surface area (Å²) in [6, 6.07) is 19.0. The lowest BCUT2D eigenvalue weighted by Crippen LogP contribution is -2.52. The molecule has 4 aromatic rings. The van der Waals surface area contributed by atoms with Gasteiger partial charge in [-0.3, -0.25) is 4.79 Å². The minimum atomic E-state index is -0.224. The highest BCUT2D eigenvalue weighted by molar-refractivity contribution is 5.86. The molecule has 1 atom stereocenters. The number of piperidine rings is 1. The van der Waals surface area contributed by atoms with Crippen LogP contribution >= 0.6 is 0 Å². The van der Waals surface area contributed by atoms with Gasteiger partial charge in [0.2, 0.25) is 5.91 Å². The predicted octanol–water partition coefficient (Wildman–Crippen LogP) is 4.19. The summed E-state index contributed by atoms with van der Waals surface area (Å²) in [5.41, 5.74) is 4.15. The Balaban J connectivity index is 1.17. The van der Waals surface area contributed by atoms with Crippen LogP contribution < -0.4 is 9.80 Å². The quantitative estimate of drug-likeness (QED) is 0.463. The zero-order valence-corrected chi connectivity index (χ0v) is 19.1. The lowest BCUT2D eigenvalue weighted by molar-refractivity contribution is -0.136. The molecule has 0 unspecified atom stereocenters. The van der Waals surface area contributed by atoms with E-state index in [1.807, 2.05) is 35.2 Å². The number of piperazine rings is 1. The van der Waals surface area contributed by atoms with E-state index in [1.54, 1.807) is 0 Å². The number of halogens is 1. The van der Waals surface area contributed by atoms with Gasteiger partial charge in [0.25, 0.3) is 0 Å². The summed E-state index contributed by atoms with van der Waals surface area (Å²) in [5.74, 6) is 0.963. The summed E-state index contributed by atoms with van der Waals surface area (Å²) in [6.07, 6.45) is 3.97. The van der Waals surface area contributed by atoms with Crippen LogP contribution in [0.4, 0.5) is 15.9 Å². The van der Waals surface area contributed by atoms with E-state index in [9.17, 15) is 9.18 Å². The molecule has 7 heteroatoms. The van der Waals surface area contributed by atoms with Gasteiger partial charge in [0, 0.05) is 51.2 Å². The third-order valence-corrected chi connectivity index (χ3v) is 7.20. The second-order valence-electron chi connectivity index (χ2n) is 9.26. The van der Waals surface area contributed by atoms with Crippen LogP contribution in [-0.4, -0.2) is 59.5 Å². The standard InChI is InChI=1S/C27H28FN5O/c28-21-9-11-22(12-10-21)30-15-17-31(18-16-30)27(34)20-5-3-13-32(19-20)26-25-8-4-14-33(25)24-7-2-1-6-23(24)29-26/h1-2,4,6-12,14,20H,3,5,13,15-19H2/t20-/m0/s1. The van der Waals surface area contributed by atoms with Crippen molar-refractivity contribution in [3.8, 4) is 0 Å². The van der Waals surface area contributed by atoms with Gasteiger partial charge in [-0.05, 0) is 61.4 Å². The first-order chi connectivity index (χ1) is 16.7. The summed E-state index contributed by atoms with van der Waals surface area (Å²) >= 11 is 0. The summed E-state index contributed by atoms with van der Waals surface area (Å²) in [5, 5.41) is 0. The van der Waals surface area contributed by atoms with Crippen molar-refractivity contribution in [2.75, 3.05) is 49.1 Å². The van der Waals surface area contributed by atoms with Crippen molar-refractivity contribution in [2.24, 2.45) is 5.92 Å². The molecule has 174 valence electrons. The maximum absolute atomic E-state index is 13.4. The Kier molecular flexibility index (Phi) is 5.32. The van der Waals surface area contributed by atoms with Gasteiger partial charge in [-0.15, -0.1) is 0 Å². The molecule has 4 heterocycles. The Morgan fingerprint density at radius 2 is 1.62 bits per heavy atom. The van der Waals surface area contributed by atoms with Crippen molar-refractivity contribution >= 4 is 34.0 Å². The normalized spacial score (nSPS) is 19.2. The number of hydrogen-bond donors (Lipinski definition) is 0. The molecule has 0 bridgehead atoms. The van der Waals surface area contributed by atoms with E-state index in [0.29, 0.717) is 19.6 Å². The van der Waals surface area contributed by atoms with Crippen LogP contribution in [0.3, 0.4) is 0 Å². The van der Waals surface area contributed by atoms with E-state index in [-0.39, 0.29) is 17.6 Å². The van der Waals surface area contributed by atoms with Gasteiger partial charge in [0.15, 0.2) is 5.82 Å². The zero-order valence-electron chi connectivity index (χ0n) is 19.1. The minimum Gasteiger partial charge on any atom is -0.368 e. The van der Waals surface area contributed by atoms with Gasteiger partial charge >= 0.3 is 0 Å². The molecule has 34 heavy (non-hydrogen) atoms. The number of aromatic nitrogens is 2. The molecule has 6 rings (SSSR count). The third kappa shape index (κ3) is 3.75. The monoisotopic (exact) mass is 457 g/mol. The van der Waals surface area contributed by atoms with Gasteiger partial charge in [-0.2, -0.15) is 0 Å². The van der Waals surface area contributed by atoms with Crippen molar-refractivity contribution in [1.82, 2.24) is 14.3 Å². The zero-order chi connectivity index (χ0) is 23.1. The predicted molar refractivity (Wildman–Crippen MR) is 133 cm³/mol. The molecular weight excluding hydrogens is 429 g/mol. The van der Waals surface area contributed by atoms with E-state index in [2.05, 4.69) is 38.6 Å². The molecule has 2 saturated heterocycles. The second kappa shape index (κ2) is 8.63. The van der Waals surface area contributed by atoms with Crippen molar-refractivity contribution in [2.45, 2.75) is 12.8 Å². The Labute approximate surface area is 198 Å². The first-order valence-electron chi connectivity index (χ1n) is 12.1. The van der Waals surface area contributed by atoms with E-state index >= 15 is 0 Å². The lowest BCUT2D eigenvalue weighted by atomic mass is 9.96. The van der Waals surface area contributed by atoms with Gasteiger partial charge in [-0.25, -0.2) is 9.37 Å². The van der Waals surface area contributed by atoms with E-state index < -0.39 is 0 Å². The van der Waals surface area contributed by atoms with Gasteiger partial charge in [0.1, 0.15) is 5.82 Å². The maximum Gasteiger partial charge on any atom is 0.227 e. The number of para-hydroxylation sites is 2. The van der Waals surface area contributed by atoms with E-state index in [1.165, 1.54) is 12.1 Å². The fourth-order valence-corrected chi connectivity index (χ4v) is 5.41. The van der Waals surface area contributed by atoms with Crippen LogP contribution in [0, 0.1) is 11.7 Å². The molecule has 1 amide bonds. The second-order valence-corrected chi connectivity index (χ2v) is 9.26. The molecule has 0 N–H and O–H groups in total. The lowest BCUT2D eigenvalue weighted by Gasteiger charge is -2.40. The summed E-state index contributed by atoms with van der Waals surface area (Å²) < 4.78 is 15.4. The van der Waals surface area contributed by atoms with Crippen molar-refractivity contribution < 1.29 is 9.18 Å². The summed E-state index contributed by atoms with van der Waals surface area (Å²) in [4.78, 5) is 25.0. The SMILES string of the molecule is O=C([C@H]1CCCN(c2nc3ccccc3n3cccc23)C1)N1CCN(c2ccc(F)cc2)CC1. The van der Waals surface area contributed by atoms with Crippen molar-refractivity contribution in [3.05, 3.63) is 72.7 Å². The molecule has 0 radical (unpaired) electrons. The Morgan fingerprint density at radius 3 is 2.44 bits per heavy atom.